The number of carbonyl (C=O) groups excluding carboxylic acids is 1. The Bertz CT molecular complexity index is 985. The minimum absolute atomic E-state index is 0.0602. The Kier molecular flexibility index (Phi) is 4.52. The quantitative estimate of drug-likeness (QED) is 0.424. The zero-order valence-corrected chi connectivity index (χ0v) is 19.8. The first kappa shape index (κ1) is 22.0. The summed E-state index contributed by atoms with van der Waals surface area (Å²) < 4.78 is 24.4. The summed E-state index contributed by atoms with van der Waals surface area (Å²) in [7, 11) is 0. The van der Waals surface area contributed by atoms with Gasteiger partial charge in [-0.1, -0.05) is 32.4 Å². The van der Waals surface area contributed by atoms with Crippen molar-refractivity contribution in [3.63, 3.8) is 0 Å². The largest absolute Gasteiger partial charge is 0.515 e. The summed E-state index contributed by atoms with van der Waals surface area (Å²) in [6.07, 6.45) is 6.21. The average molecular weight is 459 g/mol. The molecule has 0 bridgehead atoms. The molecule has 2 N–H and O–H groups in total. The van der Waals surface area contributed by atoms with Crippen molar-refractivity contribution in [2.24, 2.45) is 34.5 Å². The number of ketones is 1. The van der Waals surface area contributed by atoms with E-state index in [9.17, 15) is 15.0 Å². The highest BCUT2D eigenvalue weighted by molar-refractivity contribution is 6.06. The van der Waals surface area contributed by atoms with Crippen molar-refractivity contribution in [3.8, 4) is 0 Å². The third kappa shape index (κ3) is 2.40. The van der Waals surface area contributed by atoms with E-state index in [-0.39, 0.29) is 48.5 Å². The molecule has 7 nitrogen and oxygen atoms in total. The summed E-state index contributed by atoms with van der Waals surface area (Å²) in [5.74, 6) is -0.640. The molecule has 2 saturated carbocycles. The summed E-state index contributed by atoms with van der Waals surface area (Å²) in [5, 5.41) is 21.5. The Hall–Kier alpha value is -1.51. The monoisotopic (exact) mass is 458 g/mol. The molecule has 2 aliphatic heterocycles. The number of aliphatic hydroxyl groups is 2. The summed E-state index contributed by atoms with van der Waals surface area (Å²) in [4.78, 5) is 12.5. The number of allylic oxidation sites excluding steroid dienone is 5. The second kappa shape index (κ2) is 6.79. The van der Waals surface area contributed by atoms with E-state index in [1.54, 1.807) is 6.08 Å². The van der Waals surface area contributed by atoms with Gasteiger partial charge in [-0.25, -0.2) is 0 Å². The van der Waals surface area contributed by atoms with Crippen molar-refractivity contribution in [2.45, 2.75) is 64.4 Å². The van der Waals surface area contributed by atoms with Crippen LogP contribution in [0.25, 0.3) is 0 Å². The minimum Gasteiger partial charge on any atom is -0.515 e. The Labute approximate surface area is 194 Å². The highest BCUT2D eigenvalue weighted by atomic mass is 16.9. The van der Waals surface area contributed by atoms with Crippen LogP contribution in [0.2, 0.25) is 0 Å². The molecule has 4 aliphatic carbocycles. The molecule has 2 heterocycles. The van der Waals surface area contributed by atoms with Crippen LogP contribution in [0.4, 0.5) is 0 Å². The van der Waals surface area contributed by atoms with Crippen LogP contribution in [0, 0.1) is 34.5 Å². The maximum atomic E-state index is 12.5. The van der Waals surface area contributed by atoms with Crippen LogP contribution in [-0.2, 0) is 23.7 Å². The van der Waals surface area contributed by atoms with E-state index >= 15 is 0 Å². The van der Waals surface area contributed by atoms with Crippen molar-refractivity contribution >= 4 is 5.78 Å². The fraction of sp³-hybridized carbons (Fsp3) is 0.731. The average Bonchev–Trinajstić information content (AvgIpc) is 3.44. The molecule has 0 amide bonds. The Morgan fingerprint density at radius 2 is 1.94 bits per heavy atom. The molecule has 2 saturated heterocycles. The van der Waals surface area contributed by atoms with E-state index in [2.05, 4.69) is 33.8 Å². The lowest BCUT2D eigenvalue weighted by molar-refractivity contribution is -0.264. The van der Waals surface area contributed by atoms with Gasteiger partial charge in [0.15, 0.2) is 19.4 Å². The van der Waals surface area contributed by atoms with E-state index in [0.717, 1.165) is 23.8 Å². The number of rotatable bonds is 0. The second-order valence-electron chi connectivity index (χ2n) is 11.6. The van der Waals surface area contributed by atoms with E-state index < -0.39 is 22.9 Å². The standard InChI is InChI=1S/C26H34O7/c1-14-5-17-19-6-15(2)26(25(32-13-33-26)11-30-12-31-25)24(19,4)9-21(29)22(17)23(3)8-16(10-27)20(28)7-18(14)23/h5,7,10,15,17,19,21-22,27,29H,6,8-9,11-13H2,1-4H3/b16-10-/t15-,17-,19-,21+,22+,23-,24-,25+,26+/m0/s1. The molecule has 0 aromatic rings. The topological polar surface area (TPSA) is 94.5 Å². The Morgan fingerprint density at radius 1 is 1.18 bits per heavy atom. The highest BCUT2D eigenvalue weighted by Crippen LogP contribution is 2.72. The first-order chi connectivity index (χ1) is 15.6. The lowest BCUT2D eigenvalue weighted by Crippen LogP contribution is -2.67. The minimum atomic E-state index is -0.949. The van der Waals surface area contributed by atoms with Gasteiger partial charge in [0.1, 0.15) is 12.2 Å². The van der Waals surface area contributed by atoms with Gasteiger partial charge in [-0.05, 0) is 55.6 Å². The molecule has 180 valence electrons. The first-order valence-electron chi connectivity index (χ1n) is 12.1. The second-order valence-corrected chi connectivity index (χ2v) is 11.6. The first-order valence-corrected chi connectivity index (χ1v) is 12.1. The van der Waals surface area contributed by atoms with Crippen LogP contribution in [0.15, 0.2) is 35.1 Å². The number of aliphatic hydroxyl groups excluding tert-OH is 2. The Morgan fingerprint density at radius 3 is 2.64 bits per heavy atom. The van der Waals surface area contributed by atoms with E-state index in [1.807, 2.05) is 0 Å². The number of carbonyl (C=O) groups is 1. The van der Waals surface area contributed by atoms with Gasteiger partial charge in [-0.3, -0.25) is 4.79 Å². The van der Waals surface area contributed by atoms with Crippen LogP contribution in [0.5, 0.6) is 0 Å². The van der Waals surface area contributed by atoms with Crippen LogP contribution in [0.3, 0.4) is 0 Å². The lowest BCUT2D eigenvalue weighted by atomic mass is 9.45. The van der Waals surface area contributed by atoms with Crippen molar-refractivity contribution in [3.05, 3.63) is 35.1 Å². The SMILES string of the molecule is CC1=C[C@@H]2[C@H]([C@H](O)C[C@@]3(C)[C@H]2C[C@H](C)[C@@]32OCO[C@]23COCO3)[C@@]2(C)C/C(=C/O)C(=O)C=C12. The van der Waals surface area contributed by atoms with Gasteiger partial charge in [-0.15, -0.1) is 0 Å². The zero-order valence-electron chi connectivity index (χ0n) is 19.8. The molecular formula is C26H34O7. The fourth-order valence-electron chi connectivity index (χ4n) is 9.19. The van der Waals surface area contributed by atoms with Crippen molar-refractivity contribution < 1.29 is 34.0 Å². The third-order valence-corrected chi connectivity index (χ3v) is 10.2. The van der Waals surface area contributed by atoms with E-state index in [1.165, 1.54) is 0 Å². The summed E-state index contributed by atoms with van der Waals surface area (Å²) in [5.41, 5.74) is 0.981. The predicted octanol–water partition coefficient (Wildman–Crippen LogP) is 3.40. The maximum absolute atomic E-state index is 12.5. The summed E-state index contributed by atoms with van der Waals surface area (Å²) >= 11 is 0. The predicted molar refractivity (Wildman–Crippen MR) is 118 cm³/mol. The summed E-state index contributed by atoms with van der Waals surface area (Å²) in [6.45, 7) is 9.33. The normalized spacial score (nSPS) is 54.4. The molecule has 6 rings (SSSR count). The number of hydrogen-bond acceptors (Lipinski definition) is 7. The van der Waals surface area contributed by atoms with Gasteiger partial charge in [0.2, 0.25) is 5.79 Å². The fourth-order valence-corrected chi connectivity index (χ4v) is 9.19. The number of hydrogen-bond donors (Lipinski definition) is 2. The molecule has 2 spiro atoms. The highest BCUT2D eigenvalue weighted by Gasteiger charge is 2.79. The molecule has 0 unspecified atom stereocenters. The molecular weight excluding hydrogens is 424 g/mol. The van der Waals surface area contributed by atoms with Crippen LogP contribution < -0.4 is 0 Å². The Balaban J connectivity index is 1.49. The van der Waals surface area contributed by atoms with E-state index in [4.69, 9.17) is 18.9 Å². The third-order valence-electron chi connectivity index (χ3n) is 10.2. The molecule has 0 radical (unpaired) electrons. The maximum Gasteiger partial charge on any atom is 0.227 e. The van der Waals surface area contributed by atoms with Crippen molar-refractivity contribution in [1.29, 1.82) is 0 Å². The lowest BCUT2D eigenvalue weighted by Gasteiger charge is -2.61. The van der Waals surface area contributed by atoms with Crippen LogP contribution in [0.1, 0.15) is 47.0 Å². The van der Waals surface area contributed by atoms with Gasteiger partial charge in [0.05, 0.1) is 12.4 Å². The van der Waals surface area contributed by atoms with Crippen LogP contribution >= 0.6 is 0 Å². The zero-order chi connectivity index (χ0) is 23.4. The van der Waals surface area contributed by atoms with Gasteiger partial charge in [0, 0.05) is 22.3 Å². The molecule has 9 atom stereocenters. The molecule has 33 heavy (non-hydrogen) atoms. The summed E-state index contributed by atoms with van der Waals surface area (Å²) in [6, 6.07) is 0. The van der Waals surface area contributed by atoms with Crippen LogP contribution in [-0.4, -0.2) is 53.7 Å². The van der Waals surface area contributed by atoms with E-state index in [0.29, 0.717) is 25.0 Å². The van der Waals surface area contributed by atoms with Gasteiger partial charge < -0.3 is 29.2 Å². The van der Waals surface area contributed by atoms with Gasteiger partial charge >= 0.3 is 0 Å². The van der Waals surface area contributed by atoms with Crippen molar-refractivity contribution in [2.75, 3.05) is 20.2 Å². The molecule has 4 fully saturated rings. The smallest absolute Gasteiger partial charge is 0.227 e. The molecule has 0 aromatic carbocycles. The van der Waals surface area contributed by atoms with Gasteiger partial charge in [0.25, 0.3) is 0 Å². The van der Waals surface area contributed by atoms with Crippen molar-refractivity contribution in [1.82, 2.24) is 0 Å². The molecule has 7 heteroatoms. The molecule has 6 aliphatic rings. The molecule has 0 aromatic heterocycles. The number of fused-ring (bicyclic) bond motifs is 7. The number of ether oxygens (including phenoxy) is 4. The van der Waals surface area contributed by atoms with Gasteiger partial charge in [-0.2, -0.15) is 0 Å².